The highest BCUT2D eigenvalue weighted by Crippen LogP contribution is 2.27. The Labute approximate surface area is 89.4 Å². The normalized spacial score (nSPS) is 18.1. The number of carbonyl (C=O) groups is 1. The molecule has 1 N–H and O–H groups in total. The lowest BCUT2D eigenvalue weighted by molar-refractivity contribution is -0.143. The molecule has 0 amide bonds. The van der Waals surface area contributed by atoms with Crippen LogP contribution in [0.25, 0.3) is 0 Å². The van der Waals surface area contributed by atoms with Crippen molar-refractivity contribution in [3.63, 3.8) is 0 Å². The van der Waals surface area contributed by atoms with Crippen molar-refractivity contribution in [2.24, 2.45) is 0 Å². The Morgan fingerprint density at radius 3 is 3.13 bits per heavy atom. The van der Waals surface area contributed by atoms with Crippen LogP contribution in [0.4, 0.5) is 5.69 Å². The van der Waals surface area contributed by atoms with Crippen molar-refractivity contribution in [2.45, 2.75) is 26.3 Å². The Kier molecular flexibility index (Phi) is 2.62. The van der Waals surface area contributed by atoms with Crippen LogP contribution in [0.2, 0.25) is 0 Å². The molecule has 2 rings (SSSR count). The van der Waals surface area contributed by atoms with Crippen LogP contribution in [-0.2, 0) is 16.0 Å². The molecule has 0 aliphatic carbocycles. The Balaban J connectivity index is 2.12. The van der Waals surface area contributed by atoms with Gasteiger partial charge in [0.2, 0.25) is 0 Å². The highest BCUT2D eigenvalue weighted by Gasteiger charge is 2.27. The van der Waals surface area contributed by atoms with Gasteiger partial charge < -0.3 is 10.1 Å². The minimum Gasteiger partial charge on any atom is -0.464 e. The van der Waals surface area contributed by atoms with E-state index in [1.54, 1.807) is 0 Å². The topological polar surface area (TPSA) is 38.3 Å². The number of benzene rings is 1. The molecule has 1 aliphatic heterocycles. The fraction of sp³-hybridized carbons (Fsp3) is 0.417. The molecule has 1 aromatic rings. The van der Waals surface area contributed by atoms with Gasteiger partial charge in [-0.2, -0.15) is 0 Å². The minimum absolute atomic E-state index is 0.161. The maximum absolute atomic E-state index is 11.5. The summed E-state index contributed by atoms with van der Waals surface area (Å²) in [6, 6.07) is 5.99. The van der Waals surface area contributed by atoms with Crippen LogP contribution in [-0.4, -0.2) is 18.6 Å². The number of hydrogen-bond donors (Lipinski definition) is 1. The molecule has 80 valence electrons. The molecule has 0 spiro atoms. The zero-order valence-corrected chi connectivity index (χ0v) is 9.04. The molecular weight excluding hydrogens is 190 g/mol. The van der Waals surface area contributed by atoms with Crippen LogP contribution in [0.1, 0.15) is 18.1 Å². The third-order valence-corrected chi connectivity index (χ3v) is 2.59. The zero-order valence-electron chi connectivity index (χ0n) is 9.04. The van der Waals surface area contributed by atoms with Gasteiger partial charge in [0, 0.05) is 12.1 Å². The number of rotatable bonds is 2. The average molecular weight is 205 g/mol. The molecular formula is C12H15NO2. The van der Waals surface area contributed by atoms with Gasteiger partial charge in [0.1, 0.15) is 6.04 Å². The van der Waals surface area contributed by atoms with Crippen molar-refractivity contribution in [3.8, 4) is 0 Å². The van der Waals surface area contributed by atoms with Crippen LogP contribution < -0.4 is 5.32 Å². The van der Waals surface area contributed by atoms with Gasteiger partial charge in [0.15, 0.2) is 0 Å². The number of esters is 1. The van der Waals surface area contributed by atoms with E-state index in [-0.39, 0.29) is 12.0 Å². The van der Waals surface area contributed by atoms with Crippen molar-refractivity contribution in [3.05, 3.63) is 29.3 Å². The molecule has 0 aromatic heterocycles. The van der Waals surface area contributed by atoms with Crippen molar-refractivity contribution >= 4 is 11.7 Å². The van der Waals surface area contributed by atoms with Gasteiger partial charge in [-0.15, -0.1) is 0 Å². The first-order valence-corrected chi connectivity index (χ1v) is 5.23. The summed E-state index contributed by atoms with van der Waals surface area (Å²) in [6.07, 6.45) is 0.731. The molecule has 1 aromatic carbocycles. The number of anilines is 1. The molecule has 0 fully saturated rings. The fourth-order valence-electron chi connectivity index (χ4n) is 1.85. The van der Waals surface area contributed by atoms with E-state index in [0.29, 0.717) is 6.61 Å². The van der Waals surface area contributed by atoms with Gasteiger partial charge >= 0.3 is 5.97 Å². The van der Waals surface area contributed by atoms with E-state index in [1.807, 2.05) is 13.8 Å². The van der Waals surface area contributed by atoms with Crippen LogP contribution in [0.15, 0.2) is 18.2 Å². The predicted octanol–water partition coefficient (Wildman–Crippen LogP) is 1.89. The quantitative estimate of drug-likeness (QED) is 0.749. The van der Waals surface area contributed by atoms with Gasteiger partial charge in [0.25, 0.3) is 0 Å². The van der Waals surface area contributed by atoms with E-state index in [4.69, 9.17) is 4.74 Å². The van der Waals surface area contributed by atoms with E-state index in [2.05, 4.69) is 23.5 Å². The van der Waals surface area contributed by atoms with Gasteiger partial charge in [-0.05, 0) is 31.0 Å². The molecule has 0 bridgehead atoms. The van der Waals surface area contributed by atoms with Crippen molar-refractivity contribution in [1.82, 2.24) is 0 Å². The summed E-state index contributed by atoms with van der Waals surface area (Å²) in [5, 5.41) is 3.19. The Bertz CT molecular complexity index is 387. The molecule has 0 saturated heterocycles. The van der Waals surface area contributed by atoms with Gasteiger partial charge in [-0.3, -0.25) is 0 Å². The lowest BCUT2D eigenvalue weighted by Crippen LogP contribution is -2.28. The summed E-state index contributed by atoms with van der Waals surface area (Å²) >= 11 is 0. The lowest BCUT2D eigenvalue weighted by atomic mass is 10.1. The standard InChI is InChI=1S/C12H15NO2/c1-3-15-12(14)11-7-9-5-4-8(2)6-10(9)13-11/h4-6,11,13H,3,7H2,1-2H3/t11-/m1/s1. The second kappa shape index (κ2) is 3.93. The maximum atomic E-state index is 11.5. The number of ether oxygens (including phenoxy) is 1. The second-order valence-corrected chi connectivity index (χ2v) is 3.81. The second-order valence-electron chi connectivity index (χ2n) is 3.81. The summed E-state index contributed by atoms with van der Waals surface area (Å²) in [4.78, 5) is 11.5. The molecule has 1 atom stereocenters. The van der Waals surface area contributed by atoms with E-state index in [9.17, 15) is 4.79 Å². The molecule has 3 nitrogen and oxygen atoms in total. The van der Waals surface area contributed by atoms with Crippen LogP contribution >= 0.6 is 0 Å². The number of fused-ring (bicyclic) bond motifs is 1. The first kappa shape index (κ1) is 10.0. The van der Waals surface area contributed by atoms with Crippen molar-refractivity contribution < 1.29 is 9.53 Å². The minimum atomic E-state index is -0.207. The van der Waals surface area contributed by atoms with Gasteiger partial charge in [0.05, 0.1) is 6.61 Å². The number of aryl methyl sites for hydroxylation is 1. The maximum Gasteiger partial charge on any atom is 0.328 e. The van der Waals surface area contributed by atoms with Crippen LogP contribution in [0, 0.1) is 6.92 Å². The monoisotopic (exact) mass is 205 g/mol. The number of carbonyl (C=O) groups excluding carboxylic acids is 1. The van der Waals surface area contributed by atoms with E-state index in [0.717, 1.165) is 12.1 Å². The van der Waals surface area contributed by atoms with E-state index >= 15 is 0 Å². The summed E-state index contributed by atoms with van der Waals surface area (Å²) in [7, 11) is 0. The summed E-state index contributed by atoms with van der Waals surface area (Å²) in [5.41, 5.74) is 3.46. The SMILES string of the molecule is CCOC(=O)[C@H]1Cc2ccc(C)cc2N1. The smallest absolute Gasteiger partial charge is 0.328 e. The lowest BCUT2D eigenvalue weighted by Gasteiger charge is -2.09. The molecule has 1 heterocycles. The summed E-state index contributed by atoms with van der Waals surface area (Å²) in [6.45, 7) is 4.30. The van der Waals surface area contributed by atoms with E-state index in [1.165, 1.54) is 11.1 Å². The van der Waals surface area contributed by atoms with Crippen molar-refractivity contribution in [1.29, 1.82) is 0 Å². The van der Waals surface area contributed by atoms with Gasteiger partial charge in [-0.25, -0.2) is 4.79 Å². The first-order valence-electron chi connectivity index (χ1n) is 5.23. The highest BCUT2D eigenvalue weighted by molar-refractivity contribution is 5.83. The third kappa shape index (κ3) is 1.96. The Morgan fingerprint density at radius 1 is 1.60 bits per heavy atom. The Hall–Kier alpha value is -1.51. The molecule has 1 aliphatic rings. The summed E-state index contributed by atoms with van der Waals surface area (Å²) in [5.74, 6) is -0.161. The number of nitrogens with one attached hydrogen (secondary N) is 1. The molecule has 3 heteroatoms. The third-order valence-electron chi connectivity index (χ3n) is 2.59. The molecule has 15 heavy (non-hydrogen) atoms. The van der Waals surface area contributed by atoms with Crippen molar-refractivity contribution in [2.75, 3.05) is 11.9 Å². The van der Waals surface area contributed by atoms with E-state index < -0.39 is 0 Å². The highest BCUT2D eigenvalue weighted by atomic mass is 16.5. The van der Waals surface area contributed by atoms with Gasteiger partial charge in [-0.1, -0.05) is 12.1 Å². The molecule has 0 saturated carbocycles. The fourth-order valence-corrected chi connectivity index (χ4v) is 1.85. The molecule has 0 unspecified atom stereocenters. The number of hydrogen-bond acceptors (Lipinski definition) is 3. The summed E-state index contributed by atoms with van der Waals surface area (Å²) < 4.78 is 4.99. The van der Waals surface area contributed by atoms with Crippen LogP contribution in [0.3, 0.4) is 0 Å². The largest absolute Gasteiger partial charge is 0.464 e. The Morgan fingerprint density at radius 2 is 2.40 bits per heavy atom. The first-order chi connectivity index (χ1) is 7.20. The van der Waals surface area contributed by atoms with Crippen LogP contribution in [0.5, 0.6) is 0 Å². The zero-order chi connectivity index (χ0) is 10.8. The molecule has 0 radical (unpaired) electrons. The average Bonchev–Trinajstić information content (AvgIpc) is 2.60. The predicted molar refractivity (Wildman–Crippen MR) is 58.9 cm³/mol.